The number of nitrogens with zero attached hydrogens (tertiary/aromatic N) is 6. The number of amides is 3. The van der Waals surface area contributed by atoms with Crippen LogP contribution >= 0.6 is 0 Å². The van der Waals surface area contributed by atoms with Gasteiger partial charge in [0.15, 0.2) is 5.82 Å². The number of para-hydroxylation sites is 2. The van der Waals surface area contributed by atoms with Gasteiger partial charge in [0.1, 0.15) is 18.4 Å². The molecule has 0 aliphatic carbocycles. The Morgan fingerprint density at radius 1 is 1.19 bits per heavy atom. The topological polar surface area (TPSA) is 91.3 Å². The molecule has 1 aromatic carbocycles. The minimum atomic E-state index is -0.189. The molecule has 10 nitrogen and oxygen atoms in total. The maximum Gasteiger partial charge on any atom is 0.325 e. The Labute approximate surface area is 187 Å². The van der Waals surface area contributed by atoms with E-state index in [4.69, 9.17) is 9.47 Å². The second-order valence-corrected chi connectivity index (χ2v) is 8.01. The standard InChI is InChI=1S/C22H28N6O4/c1-25(2)19-12-23-13-20(24-19)32-16-8-9-26(14-16)21(29)15-27-10-11-28(22(27)30)17-6-4-5-7-18(17)31-3/h4-7,12-13,16H,8-11,14-15H2,1-3H3. The monoisotopic (exact) mass is 440 g/mol. The predicted octanol–water partition coefficient (Wildman–Crippen LogP) is 1.47. The third-order valence-electron chi connectivity index (χ3n) is 5.64. The molecular weight excluding hydrogens is 412 g/mol. The summed E-state index contributed by atoms with van der Waals surface area (Å²) in [5.74, 6) is 1.70. The Hall–Kier alpha value is -3.56. The average molecular weight is 441 g/mol. The van der Waals surface area contributed by atoms with E-state index in [9.17, 15) is 9.59 Å². The third kappa shape index (κ3) is 4.53. The van der Waals surface area contributed by atoms with E-state index in [1.807, 2.05) is 43.3 Å². The molecule has 2 fully saturated rings. The van der Waals surface area contributed by atoms with Gasteiger partial charge in [-0.25, -0.2) is 4.79 Å². The first-order valence-electron chi connectivity index (χ1n) is 10.6. The SMILES string of the molecule is COc1ccccc1N1CCN(CC(=O)N2CCC(Oc3cncc(N(C)C)n3)C2)C1=O. The molecular formula is C22H28N6O4. The molecule has 2 aliphatic rings. The molecule has 10 heteroatoms. The molecule has 1 atom stereocenters. The summed E-state index contributed by atoms with van der Waals surface area (Å²) in [4.78, 5) is 41.2. The molecule has 3 heterocycles. The molecule has 4 rings (SSSR count). The van der Waals surface area contributed by atoms with Crippen molar-refractivity contribution < 1.29 is 19.1 Å². The Morgan fingerprint density at radius 3 is 2.78 bits per heavy atom. The van der Waals surface area contributed by atoms with Crippen LogP contribution in [-0.4, -0.2) is 91.7 Å². The van der Waals surface area contributed by atoms with Crippen LogP contribution in [0.1, 0.15) is 6.42 Å². The van der Waals surface area contributed by atoms with Gasteiger partial charge in [0.2, 0.25) is 11.8 Å². The summed E-state index contributed by atoms with van der Waals surface area (Å²) in [5, 5.41) is 0. The first-order valence-corrected chi connectivity index (χ1v) is 10.6. The molecule has 1 aromatic heterocycles. The van der Waals surface area contributed by atoms with Crippen molar-refractivity contribution in [1.82, 2.24) is 19.8 Å². The van der Waals surface area contributed by atoms with Crippen molar-refractivity contribution in [1.29, 1.82) is 0 Å². The molecule has 2 aromatic rings. The van der Waals surface area contributed by atoms with Crippen molar-refractivity contribution in [2.75, 3.05) is 63.7 Å². The van der Waals surface area contributed by atoms with Crippen LogP contribution in [-0.2, 0) is 4.79 Å². The van der Waals surface area contributed by atoms with E-state index in [2.05, 4.69) is 9.97 Å². The van der Waals surface area contributed by atoms with Crippen LogP contribution in [0.2, 0.25) is 0 Å². The summed E-state index contributed by atoms with van der Waals surface area (Å²) >= 11 is 0. The molecule has 2 saturated heterocycles. The number of hydrogen-bond acceptors (Lipinski definition) is 7. The highest BCUT2D eigenvalue weighted by atomic mass is 16.5. The first-order chi connectivity index (χ1) is 15.5. The second-order valence-electron chi connectivity index (χ2n) is 8.01. The number of ether oxygens (including phenoxy) is 2. The predicted molar refractivity (Wildman–Crippen MR) is 119 cm³/mol. The van der Waals surface area contributed by atoms with Gasteiger partial charge < -0.3 is 24.2 Å². The number of carbonyl (C=O) groups is 2. The van der Waals surface area contributed by atoms with Crippen LogP contribution in [0.5, 0.6) is 11.6 Å². The number of benzene rings is 1. The van der Waals surface area contributed by atoms with Gasteiger partial charge in [0.25, 0.3) is 0 Å². The van der Waals surface area contributed by atoms with Crippen molar-refractivity contribution in [2.24, 2.45) is 0 Å². The van der Waals surface area contributed by atoms with Gasteiger partial charge in [0, 0.05) is 40.2 Å². The minimum absolute atomic E-state index is 0.0487. The maximum atomic E-state index is 12.9. The summed E-state index contributed by atoms with van der Waals surface area (Å²) in [6.45, 7) is 2.10. The van der Waals surface area contributed by atoms with Crippen molar-refractivity contribution in [2.45, 2.75) is 12.5 Å². The molecule has 1 unspecified atom stereocenters. The highest BCUT2D eigenvalue weighted by Gasteiger charge is 2.35. The van der Waals surface area contributed by atoms with Gasteiger partial charge in [-0.1, -0.05) is 12.1 Å². The van der Waals surface area contributed by atoms with Gasteiger partial charge in [-0.05, 0) is 12.1 Å². The zero-order valence-electron chi connectivity index (χ0n) is 18.6. The van der Waals surface area contributed by atoms with E-state index in [0.717, 1.165) is 0 Å². The van der Waals surface area contributed by atoms with Gasteiger partial charge in [-0.15, -0.1) is 0 Å². The van der Waals surface area contributed by atoms with Crippen molar-refractivity contribution in [3.63, 3.8) is 0 Å². The smallest absolute Gasteiger partial charge is 0.325 e. The van der Waals surface area contributed by atoms with E-state index in [1.165, 1.54) is 0 Å². The highest BCUT2D eigenvalue weighted by Crippen LogP contribution is 2.30. The quantitative estimate of drug-likeness (QED) is 0.644. The fourth-order valence-electron chi connectivity index (χ4n) is 3.90. The zero-order valence-corrected chi connectivity index (χ0v) is 18.6. The lowest BCUT2D eigenvalue weighted by molar-refractivity contribution is -0.130. The lowest BCUT2D eigenvalue weighted by Crippen LogP contribution is -2.42. The first kappa shape index (κ1) is 21.7. The average Bonchev–Trinajstić information content (AvgIpc) is 3.41. The largest absolute Gasteiger partial charge is 0.495 e. The summed E-state index contributed by atoms with van der Waals surface area (Å²) in [5.41, 5.74) is 0.714. The number of likely N-dealkylation sites (tertiary alicyclic amines) is 1. The van der Waals surface area contributed by atoms with Crippen LogP contribution in [0.25, 0.3) is 0 Å². The summed E-state index contributed by atoms with van der Waals surface area (Å²) in [6.07, 6.45) is 3.80. The molecule has 2 aliphatic heterocycles. The Balaban J connectivity index is 1.32. The van der Waals surface area contributed by atoms with Gasteiger partial charge >= 0.3 is 6.03 Å². The highest BCUT2D eigenvalue weighted by molar-refractivity contribution is 5.97. The van der Waals surface area contributed by atoms with Gasteiger partial charge in [-0.2, -0.15) is 4.98 Å². The number of hydrogen-bond donors (Lipinski definition) is 0. The normalized spacial score (nSPS) is 18.3. The molecule has 0 saturated carbocycles. The molecule has 3 amide bonds. The molecule has 0 bridgehead atoms. The van der Waals surface area contributed by atoms with E-state index in [0.29, 0.717) is 55.7 Å². The van der Waals surface area contributed by atoms with E-state index in [-0.39, 0.29) is 24.6 Å². The van der Waals surface area contributed by atoms with E-state index in [1.54, 1.807) is 34.2 Å². The molecule has 0 N–H and O–H groups in total. The van der Waals surface area contributed by atoms with Crippen LogP contribution in [0.3, 0.4) is 0 Å². The van der Waals surface area contributed by atoms with E-state index < -0.39 is 0 Å². The number of rotatable bonds is 7. The van der Waals surface area contributed by atoms with Crippen molar-refractivity contribution in [3.05, 3.63) is 36.7 Å². The maximum absolute atomic E-state index is 12.9. The number of anilines is 2. The number of carbonyl (C=O) groups excluding carboxylic acids is 2. The Kier molecular flexibility index (Phi) is 6.29. The van der Waals surface area contributed by atoms with Gasteiger partial charge in [0.05, 0.1) is 31.7 Å². The lowest BCUT2D eigenvalue weighted by atomic mass is 10.2. The number of urea groups is 1. The van der Waals surface area contributed by atoms with Crippen molar-refractivity contribution in [3.8, 4) is 11.6 Å². The van der Waals surface area contributed by atoms with Crippen LogP contribution in [0.4, 0.5) is 16.3 Å². The van der Waals surface area contributed by atoms with Crippen LogP contribution < -0.4 is 19.3 Å². The summed E-state index contributed by atoms with van der Waals surface area (Å²) in [6, 6.07) is 7.20. The van der Waals surface area contributed by atoms with Crippen molar-refractivity contribution >= 4 is 23.4 Å². The number of aromatic nitrogens is 2. The summed E-state index contributed by atoms with van der Waals surface area (Å²) < 4.78 is 11.3. The lowest BCUT2D eigenvalue weighted by Gasteiger charge is -2.22. The molecule has 170 valence electrons. The molecule has 32 heavy (non-hydrogen) atoms. The molecule has 0 spiro atoms. The molecule has 0 radical (unpaired) electrons. The Bertz CT molecular complexity index is 984. The van der Waals surface area contributed by atoms with E-state index >= 15 is 0 Å². The van der Waals surface area contributed by atoms with Crippen LogP contribution in [0.15, 0.2) is 36.7 Å². The third-order valence-corrected chi connectivity index (χ3v) is 5.64. The number of methoxy groups -OCH3 is 1. The van der Waals surface area contributed by atoms with Gasteiger partial charge in [-0.3, -0.25) is 14.7 Å². The fraction of sp³-hybridized carbons (Fsp3) is 0.455. The second kappa shape index (κ2) is 9.29. The summed E-state index contributed by atoms with van der Waals surface area (Å²) in [7, 11) is 5.35. The Morgan fingerprint density at radius 2 is 2.00 bits per heavy atom. The zero-order chi connectivity index (χ0) is 22.7. The fourth-order valence-corrected chi connectivity index (χ4v) is 3.90. The minimum Gasteiger partial charge on any atom is -0.495 e. The van der Waals surface area contributed by atoms with Crippen LogP contribution in [0, 0.1) is 0 Å².